The number of amides is 4. The van der Waals surface area contributed by atoms with Crippen LogP contribution in [0.4, 0.5) is 9.93 Å². The Morgan fingerprint density at radius 1 is 1.05 bits per heavy atom. The first-order valence-electron chi connectivity index (χ1n) is 11.8. The molecule has 0 aromatic carbocycles. The van der Waals surface area contributed by atoms with E-state index in [1.807, 2.05) is 4.90 Å². The third-order valence-electron chi connectivity index (χ3n) is 5.19. The average Bonchev–Trinajstić information content (AvgIpc) is 3.35. The monoisotopic (exact) mass is 550 g/mol. The molecule has 1 saturated heterocycles. The number of alkyl carbamates (subject to hydrolysis) is 1. The zero-order chi connectivity index (χ0) is 28.5. The van der Waals surface area contributed by atoms with E-state index in [1.54, 1.807) is 26.2 Å². The van der Waals surface area contributed by atoms with E-state index in [9.17, 15) is 24.0 Å². The standard InChI is InChI=1S/C24H34N6O7S/c1-14(18(31)28-15(2)21(34)36-6)27-20(33)17-13-38-22(29-17)30-11-7-16(8-12-30)19(32)25-9-10-26-23(35)37-24(3,4)5/h13,16H,1-2,7-12H2,3-6H3,(H,25,32)(H,26,35)(H,27,33)(H,28,31). The summed E-state index contributed by atoms with van der Waals surface area (Å²) in [7, 11) is 1.14. The lowest BCUT2D eigenvalue weighted by Gasteiger charge is -2.31. The van der Waals surface area contributed by atoms with Gasteiger partial charge in [-0.15, -0.1) is 11.3 Å². The van der Waals surface area contributed by atoms with Crippen molar-refractivity contribution >= 4 is 46.3 Å². The topological polar surface area (TPSA) is 168 Å². The summed E-state index contributed by atoms with van der Waals surface area (Å²) >= 11 is 1.27. The SMILES string of the molecule is C=C(NC(=O)c1csc(N2CCC(C(=O)NCCNC(=O)OC(C)(C)C)CC2)n1)C(=O)NC(=C)C(=O)OC. The third-order valence-corrected chi connectivity index (χ3v) is 6.09. The molecule has 0 spiro atoms. The van der Waals surface area contributed by atoms with Crippen LogP contribution in [0.15, 0.2) is 29.9 Å². The Labute approximate surface area is 225 Å². The van der Waals surface area contributed by atoms with Gasteiger partial charge in [0.2, 0.25) is 5.91 Å². The molecule has 0 saturated carbocycles. The van der Waals surface area contributed by atoms with Crippen LogP contribution in [-0.4, -0.2) is 73.7 Å². The molecule has 1 aromatic heterocycles. The van der Waals surface area contributed by atoms with Crippen molar-refractivity contribution in [2.75, 3.05) is 38.2 Å². The highest BCUT2D eigenvalue weighted by atomic mass is 32.1. The Kier molecular flexibility index (Phi) is 10.8. The van der Waals surface area contributed by atoms with Crippen molar-refractivity contribution in [3.05, 3.63) is 35.6 Å². The highest BCUT2D eigenvalue weighted by Crippen LogP contribution is 2.26. The van der Waals surface area contributed by atoms with Gasteiger partial charge in [-0.3, -0.25) is 14.4 Å². The van der Waals surface area contributed by atoms with Crippen LogP contribution in [0.3, 0.4) is 0 Å². The van der Waals surface area contributed by atoms with Gasteiger partial charge < -0.3 is 35.6 Å². The van der Waals surface area contributed by atoms with Gasteiger partial charge in [-0.25, -0.2) is 14.6 Å². The first kappa shape index (κ1) is 30.3. The number of hydrogen-bond acceptors (Lipinski definition) is 10. The fourth-order valence-corrected chi connectivity index (χ4v) is 4.16. The summed E-state index contributed by atoms with van der Waals surface area (Å²) in [5, 5.41) is 12.1. The molecule has 2 rings (SSSR count). The Balaban J connectivity index is 1.76. The Hall–Kier alpha value is -3.94. The van der Waals surface area contributed by atoms with Crippen molar-refractivity contribution in [3.63, 3.8) is 0 Å². The number of thiazole rings is 1. The summed E-state index contributed by atoms with van der Waals surface area (Å²) in [5.74, 6) is -2.52. The molecular weight excluding hydrogens is 516 g/mol. The summed E-state index contributed by atoms with van der Waals surface area (Å²) in [6, 6.07) is 0. The second-order valence-electron chi connectivity index (χ2n) is 9.35. The number of nitrogens with zero attached hydrogens (tertiary/aromatic N) is 2. The molecule has 0 unspecified atom stereocenters. The van der Waals surface area contributed by atoms with Crippen LogP contribution in [0.5, 0.6) is 0 Å². The first-order chi connectivity index (χ1) is 17.8. The van der Waals surface area contributed by atoms with Gasteiger partial charge in [0.05, 0.1) is 12.8 Å². The van der Waals surface area contributed by atoms with Crippen LogP contribution in [0.25, 0.3) is 0 Å². The van der Waals surface area contributed by atoms with Gasteiger partial charge >= 0.3 is 12.1 Å². The highest BCUT2D eigenvalue weighted by Gasteiger charge is 2.27. The minimum atomic E-state index is -0.821. The smallest absolute Gasteiger partial charge is 0.407 e. The maximum atomic E-state index is 12.5. The van der Waals surface area contributed by atoms with Gasteiger partial charge in [0.25, 0.3) is 11.8 Å². The van der Waals surface area contributed by atoms with E-state index in [4.69, 9.17) is 4.74 Å². The normalized spacial score (nSPS) is 13.6. The van der Waals surface area contributed by atoms with E-state index in [1.165, 1.54) is 11.3 Å². The summed E-state index contributed by atoms with van der Waals surface area (Å²) in [6.07, 6.45) is 0.676. The molecule has 0 radical (unpaired) electrons. The molecule has 1 aromatic rings. The maximum absolute atomic E-state index is 12.5. The predicted octanol–water partition coefficient (Wildman–Crippen LogP) is 1.05. The molecular formula is C24H34N6O7S. The summed E-state index contributed by atoms with van der Waals surface area (Å²) in [6.45, 7) is 13.9. The van der Waals surface area contributed by atoms with E-state index >= 15 is 0 Å². The van der Waals surface area contributed by atoms with E-state index < -0.39 is 29.5 Å². The quantitative estimate of drug-likeness (QED) is 0.189. The molecule has 1 aliphatic heterocycles. The Morgan fingerprint density at radius 2 is 1.68 bits per heavy atom. The number of piperidine rings is 1. The van der Waals surface area contributed by atoms with Crippen LogP contribution in [0.2, 0.25) is 0 Å². The lowest BCUT2D eigenvalue weighted by atomic mass is 9.96. The predicted molar refractivity (Wildman–Crippen MR) is 140 cm³/mol. The number of rotatable bonds is 10. The molecule has 13 nitrogen and oxygen atoms in total. The van der Waals surface area contributed by atoms with E-state index in [-0.39, 0.29) is 35.5 Å². The zero-order valence-corrected chi connectivity index (χ0v) is 22.8. The molecule has 1 aliphatic rings. The van der Waals surface area contributed by atoms with Gasteiger partial charge in [0.1, 0.15) is 17.0 Å². The lowest BCUT2D eigenvalue weighted by Crippen LogP contribution is -2.43. The number of carbonyl (C=O) groups is 5. The van der Waals surface area contributed by atoms with Crippen molar-refractivity contribution in [2.45, 2.75) is 39.2 Å². The number of methoxy groups -OCH3 is 1. The summed E-state index contributed by atoms with van der Waals surface area (Å²) in [5.41, 5.74) is -1.07. The summed E-state index contributed by atoms with van der Waals surface area (Å²) in [4.78, 5) is 66.3. The third kappa shape index (κ3) is 9.50. The highest BCUT2D eigenvalue weighted by molar-refractivity contribution is 7.13. The molecule has 4 N–H and O–H groups in total. The molecule has 0 atom stereocenters. The van der Waals surface area contributed by atoms with E-state index in [2.05, 4.69) is 44.1 Å². The lowest BCUT2D eigenvalue weighted by molar-refractivity contribution is -0.137. The molecule has 4 amide bonds. The fraction of sp³-hybridized carbons (Fsp3) is 0.500. The fourth-order valence-electron chi connectivity index (χ4n) is 3.30. The second kappa shape index (κ2) is 13.6. The largest absolute Gasteiger partial charge is 0.464 e. The maximum Gasteiger partial charge on any atom is 0.407 e. The number of ether oxygens (including phenoxy) is 2. The number of anilines is 1. The van der Waals surface area contributed by atoms with Crippen LogP contribution in [-0.2, 0) is 23.9 Å². The number of aromatic nitrogens is 1. The molecule has 38 heavy (non-hydrogen) atoms. The molecule has 2 heterocycles. The number of esters is 1. The number of hydrogen-bond donors (Lipinski definition) is 4. The van der Waals surface area contributed by atoms with Crippen LogP contribution in [0.1, 0.15) is 44.1 Å². The first-order valence-corrected chi connectivity index (χ1v) is 12.7. The molecule has 1 fully saturated rings. The van der Waals surface area contributed by atoms with Gasteiger partial charge in [-0.1, -0.05) is 13.2 Å². The van der Waals surface area contributed by atoms with Crippen molar-refractivity contribution < 1.29 is 33.4 Å². The minimum absolute atomic E-state index is 0.0819. The minimum Gasteiger partial charge on any atom is -0.464 e. The number of carbonyl (C=O) groups excluding carboxylic acids is 5. The van der Waals surface area contributed by atoms with E-state index in [0.29, 0.717) is 37.6 Å². The number of nitrogens with one attached hydrogen (secondary N) is 4. The molecule has 208 valence electrons. The van der Waals surface area contributed by atoms with Crippen molar-refractivity contribution in [3.8, 4) is 0 Å². The van der Waals surface area contributed by atoms with Crippen molar-refractivity contribution in [1.29, 1.82) is 0 Å². The molecule has 0 bridgehead atoms. The van der Waals surface area contributed by atoms with Gasteiger partial charge in [0, 0.05) is 37.5 Å². The van der Waals surface area contributed by atoms with Crippen molar-refractivity contribution in [2.24, 2.45) is 5.92 Å². The van der Waals surface area contributed by atoms with Gasteiger partial charge in [-0.05, 0) is 33.6 Å². The van der Waals surface area contributed by atoms with Gasteiger partial charge in [-0.2, -0.15) is 0 Å². The molecule has 0 aliphatic carbocycles. The Bertz CT molecular complexity index is 1090. The zero-order valence-electron chi connectivity index (χ0n) is 22.0. The van der Waals surface area contributed by atoms with Crippen LogP contribution < -0.4 is 26.2 Å². The van der Waals surface area contributed by atoms with Gasteiger partial charge in [0.15, 0.2) is 5.13 Å². The second-order valence-corrected chi connectivity index (χ2v) is 10.2. The van der Waals surface area contributed by atoms with Crippen LogP contribution in [0, 0.1) is 5.92 Å². The van der Waals surface area contributed by atoms with Crippen molar-refractivity contribution in [1.82, 2.24) is 26.3 Å². The Morgan fingerprint density at radius 3 is 2.29 bits per heavy atom. The average molecular weight is 551 g/mol. The summed E-state index contributed by atoms with van der Waals surface area (Å²) < 4.78 is 9.59. The van der Waals surface area contributed by atoms with Crippen LogP contribution >= 0.6 is 11.3 Å². The van der Waals surface area contributed by atoms with E-state index in [0.717, 1.165) is 7.11 Å². The molecule has 14 heteroatoms.